The van der Waals surface area contributed by atoms with Crippen molar-refractivity contribution in [1.29, 1.82) is 0 Å². The molecule has 0 amide bonds. The number of nitrogens with one attached hydrogen (secondary N) is 1. The van der Waals surface area contributed by atoms with E-state index in [2.05, 4.69) is 26.2 Å². The van der Waals surface area contributed by atoms with Gasteiger partial charge >= 0.3 is 0 Å². The quantitative estimate of drug-likeness (QED) is 0.917. The van der Waals surface area contributed by atoms with Crippen LogP contribution < -0.4 is 10.1 Å². The Morgan fingerprint density at radius 2 is 2.17 bits per heavy atom. The van der Waals surface area contributed by atoms with E-state index >= 15 is 0 Å². The lowest BCUT2D eigenvalue weighted by atomic mass is 10.2. The number of benzene rings is 1. The number of pyridine rings is 1. The van der Waals surface area contributed by atoms with Gasteiger partial charge in [0, 0.05) is 22.1 Å². The lowest BCUT2D eigenvalue weighted by molar-refractivity contribution is 0.398. The normalized spacial score (nSPS) is 10.2. The first-order valence-corrected chi connectivity index (χ1v) is 6.54. The third-order valence-electron chi connectivity index (χ3n) is 2.44. The van der Waals surface area contributed by atoms with Gasteiger partial charge in [-0.05, 0) is 29.8 Å². The number of rotatable bonds is 4. The topological polar surface area (TPSA) is 34.1 Å². The van der Waals surface area contributed by atoms with Crippen molar-refractivity contribution in [3.05, 3.63) is 51.6 Å². The average Bonchev–Trinajstić information content (AvgIpc) is 2.40. The fourth-order valence-corrected chi connectivity index (χ4v) is 2.06. The number of nitrogens with zero attached hydrogens (tertiary/aromatic N) is 1. The first-order chi connectivity index (χ1) is 8.69. The summed E-state index contributed by atoms with van der Waals surface area (Å²) in [5.74, 6) is 0.601. The maximum Gasteiger partial charge on any atom is 0.213 e. The van der Waals surface area contributed by atoms with Crippen molar-refractivity contribution in [2.24, 2.45) is 0 Å². The molecule has 0 saturated heterocycles. The first kappa shape index (κ1) is 13.2. The molecule has 5 heteroatoms. The number of halogens is 2. The Kier molecular flexibility index (Phi) is 4.44. The molecule has 0 bridgehead atoms. The Morgan fingerprint density at radius 1 is 1.33 bits per heavy atom. The summed E-state index contributed by atoms with van der Waals surface area (Å²) in [5.41, 5.74) is 2.03. The van der Waals surface area contributed by atoms with E-state index in [1.54, 1.807) is 13.3 Å². The lowest BCUT2D eigenvalue weighted by Gasteiger charge is -2.08. The molecule has 0 aliphatic rings. The van der Waals surface area contributed by atoms with Crippen molar-refractivity contribution in [2.45, 2.75) is 6.54 Å². The predicted molar refractivity (Wildman–Crippen MR) is 77.3 cm³/mol. The maximum absolute atomic E-state index is 5.96. The SMILES string of the molecule is COc1ccc(NCc2cc(Cl)ccc2Br)cn1. The van der Waals surface area contributed by atoms with E-state index in [0.717, 1.165) is 20.7 Å². The highest BCUT2D eigenvalue weighted by molar-refractivity contribution is 9.10. The molecule has 18 heavy (non-hydrogen) atoms. The number of hydrogen-bond acceptors (Lipinski definition) is 3. The summed E-state index contributed by atoms with van der Waals surface area (Å²) in [7, 11) is 1.60. The van der Waals surface area contributed by atoms with Crippen molar-refractivity contribution < 1.29 is 4.74 Å². The third kappa shape index (κ3) is 3.37. The minimum atomic E-state index is 0.601. The second-order valence-corrected chi connectivity index (χ2v) is 4.97. The number of anilines is 1. The second-order valence-electron chi connectivity index (χ2n) is 3.68. The van der Waals surface area contributed by atoms with E-state index < -0.39 is 0 Å². The predicted octanol–water partition coefficient (Wildman–Crippen LogP) is 4.12. The van der Waals surface area contributed by atoms with Crippen molar-refractivity contribution in [1.82, 2.24) is 4.98 Å². The van der Waals surface area contributed by atoms with Crippen LogP contribution in [0.3, 0.4) is 0 Å². The Bertz CT molecular complexity index is 531. The van der Waals surface area contributed by atoms with E-state index in [0.29, 0.717) is 12.4 Å². The van der Waals surface area contributed by atoms with Gasteiger partial charge in [-0.2, -0.15) is 0 Å². The Hall–Kier alpha value is -1.26. The van der Waals surface area contributed by atoms with Gasteiger partial charge in [0.2, 0.25) is 5.88 Å². The molecule has 0 spiro atoms. The van der Waals surface area contributed by atoms with E-state index in [4.69, 9.17) is 16.3 Å². The van der Waals surface area contributed by atoms with E-state index in [1.807, 2.05) is 30.3 Å². The summed E-state index contributed by atoms with van der Waals surface area (Å²) in [6, 6.07) is 9.45. The number of ether oxygens (including phenoxy) is 1. The van der Waals surface area contributed by atoms with Crippen LogP contribution in [0.4, 0.5) is 5.69 Å². The van der Waals surface area contributed by atoms with Crippen molar-refractivity contribution in [3.63, 3.8) is 0 Å². The van der Waals surface area contributed by atoms with Gasteiger partial charge in [0.15, 0.2) is 0 Å². The third-order valence-corrected chi connectivity index (χ3v) is 3.44. The van der Waals surface area contributed by atoms with Gasteiger partial charge in [-0.15, -0.1) is 0 Å². The highest BCUT2D eigenvalue weighted by Gasteiger charge is 2.01. The molecule has 2 aromatic rings. The zero-order chi connectivity index (χ0) is 13.0. The van der Waals surface area contributed by atoms with Crippen LogP contribution in [0.5, 0.6) is 5.88 Å². The number of methoxy groups -OCH3 is 1. The van der Waals surface area contributed by atoms with Crippen LogP contribution in [-0.2, 0) is 6.54 Å². The molecule has 94 valence electrons. The summed E-state index contributed by atoms with van der Waals surface area (Å²) < 4.78 is 6.03. The molecule has 1 aromatic heterocycles. The summed E-state index contributed by atoms with van der Waals surface area (Å²) in [5, 5.41) is 4.00. The molecule has 0 aliphatic carbocycles. The number of aromatic nitrogens is 1. The van der Waals surface area contributed by atoms with Gasteiger partial charge in [0.25, 0.3) is 0 Å². The van der Waals surface area contributed by atoms with E-state index in [-0.39, 0.29) is 0 Å². The zero-order valence-electron chi connectivity index (χ0n) is 9.78. The van der Waals surface area contributed by atoms with Gasteiger partial charge in [-0.3, -0.25) is 0 Å². The monoisotopic (exact) mass is 326 g/mol. The van der Waals surface area contributed by atoms with Gasteiger partial charge in [0.1, 0.15) is 0 Å². The molecule has 0 radical (unpaired) electrons. The standard InChI is InChI=1S/C13H12BrClN2O/c1-18-13-5-3-11(8-17-13)16-7-9-6-10(15)2-4-12(9)14/h2-6,8,16H,7H2,1H3. The molecule has 0 fully saturated rings. The fourth-order valence-electron chi connectivity index (χ4n) is 1.48. The van der Waals surface area contributed by atoms with Gasteiger partial charge in [-0.1, -0.05) is 27.5 Å². The minimum Gasteiger partial charge on any atom is -0.481 e. The molecular formula is C13H12BrClN2O. The highest BCUT2D eigenvalue weighted by Crippen LogP contribution is 2.22. The largest absolute Gasteiger partial charge is 0.481 e. The maximum atomic E-state index is 5.96. The van der Waals surface area contributed by atoms with Crippen LogP contribution in [0, 0.1) is 0 Å². The van der Waals surface area contributed by atoms with Crippen LogP contribution in [-0.4, -0.2) is 12.1 Å². The van der Waals surface area contributed by atoms with Gasteiger partial charge in [-0.25, -0.2) is 4.98 Å². The molecule has 2 rings (SSSR count). The molecule has 3 nitrogen and oxygen atoms in total. The molecule has 1 N–H and O–H groups in total. The molecule has 1 heterocycles. The molecule has 0 unspecified atom stereocenters. The van der Waals surface area contributed by atoms with Crippen LogP contribution in [0.25, 0.3) is 0 Å². The summed E-state index contributed by atoms with van der Waals surface area (Å²) >= 11 is 9.45. The first-order valence-electron chi connectivity index (χ1n) is 5.37. The van der Waals surface area contributed by atoms with Crippen LogP contribution in [0.2, 0.25) is 5.02 Å². The second kappa shape index (κ2) is 6.07. The fraction of sp³-hybridized carbons (Fsp3) is 0.154. The molecule has 1 aromatic carbocycles. The molecule has 0 atom stereocenters. The summed E-state index contributed by atoms with van der Waals surface area (Å²) in [6.45, 7) is 0.676. The van der Waals surface area contributed by atoms with Gasteiger partial charge in [0.05, 0.1) is 19.0 Å². The van der Waals surface area contributed by atoms with Crippen LogP contribution >= 0.6 is 27.5 Å². The Balaban J connectivity index is 2.04. The Labute approximate surface area is 119 Å². The average molecular weight is 328 g/mol. The Morgan fingerprint density at radius 3 is 2.83 bits per heavy atom. The van der Waals surface area contributed by atoms with Gasteiger partial charge < -0.3 is 10.1 Å². The number of hydrogen-bond donors (Lipinski definition) is 1. The van der Waals surface area contributed by atoms with Crippen LogP contribution in [0.15, 0.2) is 41.0 Å². The van der Waals surface area contributed by atoms with E-state index in [1.165, 1.54) is 0 Å². The molecular weight excluding hydrogens is 316 g/mol. The van der Waals surface area contributed by atoms with E-state index in [9.17, 15) is 0 Å². The minimum absolute atomic E-state index is 0.601. The highest BCUT2D eigenvalue weighted by atomic mass is 79.9. The summed E-state index contributed by atoms with van der Waals surface area (Å²) in [4.78, 5) is 4.13. The summed E-state index contributed by atoms with van der Waals surface area (Å²) in [6.07, 6.45) is 1.73. The van der Waals surface area contributed by atoms with Crippen LogP contribution in [0.1, 0.15) is 5.56 Å². The lowest BCUT2D eigenvalue weighted by Crippen LogP contribution is -2.00. The molecule has 0 saturated carbocycles. The smallest absolute Gasteiger partial charge is 0.213 e. The van der Waals surface area contributed by atoms with Crippen molar-refractivity contribution in [3.8, 4) is 5.88 Å². The zero-order valence-corrected chi connectivity index (χ0v) is 12.1. The van der Waals surface area contributed by atoms with Crippen molar-refractivity contribution in [2.75, 3.05) is 12.4 Å². The molecule has 0 aliphatic heterocycles. The van der Waals surface area contributed by atoms with Crippen molar-refractivity contribution >= 4 is 33.2 Å².